The summed E-state index contributed by atoms with van der Waals surface area (Å²) in [6, 6.07) is 10.3. The second kappa shape index (κ2) is 3.65. The standard InChI is InChI=1S/C14H9NO4/c16-9-2-4-11-10(6-9)15-14(19-11)8-1-3-12-13(5-8)18-7-17-12/h1-6,16H,7H2. The van der Waals surface area contributed by atoms with Crippen molar-refractivity contribution in [3.8, 4) is 28.7 Å². The Bertz CT molecular complexity index is 778. The second-order valence-electron chi connectivity index (χ2n) is 4.24. The van der Waals surface area contributed by atoms with Gasteiger partial charge in [-0.05, 0) is 30.3 Å². The third-order valence-electron chi connectivity index (χ3n) is 2.99. The maximum Gasteiger partial charge on any atom is 0.231 e. The third kappa shape index (κ3) is 1.59. The van der Waals surface area contributed by atoms with Gasteiger partial charge in [-0.25, -0.2) is 4.98 Å². The van der Waals surface area contributed by atoms with Gasteiger partial charge in [-0.1, -0.05) is 0 Å². The van der Waals surface area contributed by atoms with Crippen LogP contribution in [-0.2, 0) is 0 Å². The summed E-state index contributed by atoms with van der Waals surface area (Å²) < 4.78 is 16.2. The maximum atomic E-state index is 9.42. The summed E-state index contributed by atoms with van der Waals surface area (Å²) in [4.78, 5) is 4.35. The van der Waals surface area contributed by atoms with E-state index in [1.54, 1.807) is 18.2 Å². The molecular weight excluding hydrogens is 246 g/mol. The first-order valence-electron chi connectivity index (χ1n) is 5.79. The number of aromatic nitrogens is 1. The molecule has 0 fully saturated rings. The van der Waals surface area contributed by atoms with Crippen LogP contribution in [0.1, 0.15) is 0 Å². The van der Waals surface area contributed by atoms with Gasteiger partial charge in [0.2, 0.25) is 12.7 Å². The average molecular weight is 255 g/mol. The third-order valence-corrected chi connectivity index (χ3v) is 2.99. The second-order valence-corrected chi connectivity index (χ2v) is 4.24. The van der Waals surface area contributed by atoms with Crippen LogP contribution in [0.2, 0.25) is 0 Å². The molecule has 4 rings (SSSR count). The maximum absolute atomic E-state index is 9.42. The first kappa shape index (κ1) is 10.3. The first-order chi connectivity index (χ1) is 9.29. The molecule has 5 heteroatoms. The Hall–Kier alpha value is -2.69. The molecule has 0 spiro atoms. The van der Waals surface area contributed by atoms with E-state index in [0.717, 1.165) is 11.3 Å². The fourth-order valence-electron chi connectivity index (χ4n) is 2.07. The van der Waals surface area contributed by atoms with Gasteiger partial charge >= 0.3 is 0 Å². The molecule has 5 nitrogen and oxygen atoms in total. The first-order valence-corrected chi connectivity index (χ1v) is 5.79. The Morgan fingerprint density at radius 3 is 2.84 bits per heavy atom. The summed E-state index contributed by atoms with van der Waals surface area (Å²) in [5, 5.41) is 9.42. The smallest absolute Gasteiger partial charge is 0.231 e. The fraction of sp³-hybridized carbons (Fsp3) is 0.0714. The van der Waals surface area contributed by atoms with Gasteiger partial charge < -0.3 is 19.0 Å². The van der Waals surface area contributed by atoms with Gasteiger partial charge in [0.1, 0.15) is 11.3 Å². The lowest BCUT2D eigenvalue weighted by molar-refractivity contribution is 0.174. The average Bonchev–Trinajstić information content (AvgIpc) is 3.02. The van der Waals surface area contributed by atoms with Crippen molar-refractivity contribution in [2.45, 2.75) is 0 Å². The van der Waals surface area contributed by atoms with Crippen LogP contribution in [0.5, 0.6) is 17.2 Å². The van der Waals surface area contributed by atoms with Crippen molar-refractivity contribution in [2.75, 3.05) is 6.79 Å². The quantitative estimate of drug-likeness (QED) is 0.724. The zero-order chi connectivity index (χ0) is 12.8. The number of oxazole rings is 1. The van der Waals surface area contributed by atoms with Crippen LogP contribution in [-0.4, -0.2) is 16.9 Å². The molecule has 1 aliphatic heterocycles. The van der Waals surface area contributed by atoms with E-state index in [4.69, 9.17) is 13.9 Å². The monoisotopic (exact) mass is 255 g/mol. The number of phenols is 1. The Balaban J connectivity index is 1.85. The van der Waals surface area contributed by atoms with Gasteiger partial charge in [-0.2, -0.15) is 0 Å². The van der Waals surface area contributed by atoms with Crippen molar-refractivity contribution < 1.29 is 19.0 Å². The molecule has 0 atom stereocenters. The number of rotatable bonds is 1. The zero-order valence-electron chi connectivity index (χ0n) is 9.79. The summed E-state index contributed by atoms with van der Waals surface area (Å²) >= 11 is 0. The SMILES string of the molecule is Oc1ccc2oc(-c3ccc4c(c3)OCO4)nc2c1. The summed E-state index contributed by atoms with van der Waals surface area (Å²) in [5.74, 6) is 2.05. The molecule has 0 amide bonds. The lowest BCUT2D eigenvalue weighted by atomic mass is 10.2. The van der Waals surface area contributed by atoms with Crippen molar-refractivity contribution in [2.24, 2.45) is 0 Å². The fourth-order valence-corrected chi connectivity index (χ4v) is 2.07. The molecule has 0 saturated heterocycles. The van der Waals surface area contributed by atoms with Crippen LogP contribution in [0.3, 0.4) is 0 Å². The van der Waals surface area contributed by atoms with E-state index in [2.05, 4.69) is 4.98 Å². The predicted molar refractivity (Wildman–Crippen MR) is 67.2 cm³/mol. The minimum atomic E-state index is 0.165. The highest BCUT2D eigenvalue weighted by Gasteiger charge is 2.16. The number of fused-ring (bicyclic) bond motifs is 2. The number of ether oxygens (including phenoxy) is 2. The zero-order valence-corrected chi connectivity index (χ0v) is 9.79. The summed E-state index contributed by atoms with van der Waals surface area (Å²) in [5.41, 5.74) is 2.05. The summed E-state index contributed by atoms with van der Waals surface area (Å²) in [6.07, 6.45) is 0. The number of hydrogen-bond acceptors (Lipinski definition) is 5. The molecule has 0 unspecified atom stereocenters. The Kier molecular flexibility index (Phi) is 1.97. The number of nitrogens with zero attached hydrogens (tertiary/aromatic N) is 1. The molecule has 0 bridgehead atoms. The van der Waals surface area contributed by atoms with E-state index in [0.29, 0.717) is 22.7 Å². The Morgan fingerprint density at radius 1 is 1.00 bits per heavy atom. The minimum absolute atomic E-state index is 0.165. The van der Waals surface area contributed by atoms with Gasteiger partial charge in [-0.3, -0.25) is 0 Å². The molecule has 0 aliphatic carbocycles. The van der Waals surface area contributed by atoms with Gasteiger partial charge in [0.05, 0.1) is 0 Å². The van der Waals surface area contributed by atoms with Crippen molar-refractivity contribution in [1.82, 2.24) is 4.98 Å². The number of phenolic OH excluding ortho intramolecular Hbond substituents is 1. The Labute approximate surface area is 108 Å². The lowest BCUT2D eigenvalue weighted by Gasteiger charge is -1.98. The highest BCUT2D eigenvalue weighted by Crippen LogP contribution is 2.36. The molecule has 2 aromatic carbocycles. The lowest BCUT2D eigenvalue weighted by Crippen LogP contribution is -1.92. The summed E-state index contributed by atoms with van der Waals surface area (Å²) in [6.45, 7) is 0.236. The van der Waals surface area contributed by atoms with E-state index in [9.17, 15) is 5.11 Å². The molecule has 3 aromatic rings. The molecular formula is C14H9NO4. The van der Waals surface area contributed by atoms with E-state index in [1.807, 2.05) is 18.2 Å². The van der Waals surface area contributed by atoms with E-state index >= 15 is 0 Å². The topological polar surface area (TPSA) is 64.7 Å². The van der Waals surface area contributed by atoms with Crippen LogP contribution in [0.4, 0.5) is 0 Å². The highest BCUT2D eigenvalue weighted by molar-refractivity contribution is 5.78. The van der Waals surface area contributed by atoms with Crippen LogP contribution >= 0.6 is 0 Å². The van der Waals surface area contributed by atoms with Gasteiger partial charge in [0.15, 0.2) is 17.1 Å². The molecule has 94 valence electrons. The van der Waals surface area contributed by atoms with E-state index in [-0.39, 0.29) is 12.5 Å². The molecule has 2 heterocycles. The molecule has 1 aromatic heterocycles. The van der Waals surface area contributed by atoms with Crippen LogP contribution < -0.4 is 9.47 Å². The van der Waals surface area contributed by atoms with Gasteiger partial charge in [0, 0.05) is 11.6 Å². The van der Waals surface area contributed by atoms with Crippen LogP contribution in [0, 0.1) is 0 Å². The van der Waals surface area contributed by atoms with Crippen molar-refractivity contribution >= 4 is 11.1 Å². The van der Waals surface area contributed by atoms with Crippen LogP contribution in [0.25, 0.3) is 22.6 Å². The summed E-state index contributed by atoms with van der Waals surface area (Å²) in [7, 11) is 0. The molecule has 0 saturated carbocycles. The van der Waals surface area contributed by atoms with Crippen LogP contribution in [0.15, 0.2) is 40.8 Å². The number of benzene rings is 2. The molecule has 19 heavy (non-hydrogen) atoms. The molecule has 1 N–H and O–H groups in total. The molecule has 0 radical (unpaired) electrons. The number of hydrogen-bond donors (Lipinski definition) is 1. The van der Waals surface area contributed by atoms with Gasteiger partial charge in [-0.15, -0.1) is 0 Å². The minimum Gasteiger partial charge on any atom is -0.508 e. The molecule has 1 aliphatic rings. The van der Waals surface area contributed by atoms with Crippen molar-refractivity contribution in [1.29, 1.82) is 0 Å². The highest BCUT2D eigenvalue weighted by atomic mass is 16.7. The van der Waals surface area contributed by atoms with Gasteiger partial charge in [0.25, 0.3) is 0 Å². The van der Waals surface area contributed by atoms with E-state index in [1.165, 1.54) is 0 Å². The largest absolute Gasteiger partial charge is 0.508 e. The van der Waals surface area contributed by atoms with Crippen molar-refractivity contribution in [3.05, 3.63) is 36.4 Å². The van der Waals surface area contributed by atoms with E-state index < -0.39 is 0 Å². The Morgan fingerprint density at radius 2 is 1.89 bits per heavy atom. The van der Waals surface area contributed by atoms with Crippen molar-refractivity contribution in [3.63, 3.8) is 0 Å². The predicted octanol–water partition coefficient (Wildman–Crippen LogP) is 2.93. The number of aromatic hydroxyl groups is 1. The normalized spacial score (nSPS) is 13.1.